The Labute approximate surface area is 110 Å². The lowest BCUT2D eigenvalue weighted by Crippen LogP contribution is -1.98. The minimum atomic E-state index is 0.0728. The van der Waals surface area contributed by atoms with Gasteiger partial charge < -0.3 is 14.8 Å². The molecule has 0 fully saturated rings. The third-order valence-electron chi connectivity index (χ3n) is 2.63. The smallest absolute Gasteiger partial charge is 0.209 e. The molecular formula is C12H15N3O2S. The van der Waals surface area contributed by atoms with E-state index in [9.17, 15) is 0 Å². The van der Waals surface area contributed by atoms with Gasteiger partial charge in [-0.25, -0.2) is 4.98 Å². The number of aromatic amines is 1. The van der Waals surface area contributed by atoms with E-state index in [0.29, 0.717) is 10.9 Å². The molecule has 0 unspecified atom stereocenters. The Kier molecular flexibility index (Phi) is 3.76. The predicted octanol–water partition coefficient (Wildman–Crippen LogP) is 2.43. The van der Waals surface area contributed by atoms with Gasteiger partial charge in [0.15, 0.2) is 5.16 Å². The van der Waals surface area contributed by atoms with Crippen molar-refractivity contribution in [2.75, 3.05) is 7.11 Å². The summed E-state index contributed by atoms with van der Waals surface area (Å²) in [6, 6.07) is 0. The van der Waals surface area contributed by atoms with Crippen molar-refractivity contribution < 1.29 is 9.84 Å². The monoisotopic (exact) mass is 265 g/mol. The molecule has 0 radical (unpaired) electrons. The molecule has 2 aromatic heterocycles. The van der Waals surface area contributed by atoms with Gasteiger partial charge in [0, 0.05) is 23.1 Å². The molecule has 0 aliphatic heterocycles. The van der Waals surface area contributed by atoms with Crippen LogP contribution in [0.2, 0.25) is 0 Å². The van der Waals surface area contributed by atoms with Gasteiger partial charge in [-0.15, -0.1) is 0 Å². The number of nitrogens with zero attached hydrogens (tertiary/aromatic N) is 2. The van der Waals surface area contributed by atoms with Gasteiger partial charge in [0.25, 0.3) is 0 Å². The summed E-state index contributed by atoms with van der Waals surface area (Å²) in [4.78, 5) is 11.2. The molecule has 0 amide bonds. The summed E-state index contributed by atoms with van der Waals surface area (Å²) in [7, 11) is 1.66. The average molecular weight is 265 g/mol. The molecule has 2 N–H and O–H groups in total. The number of ether oxygens (including phenoxy) is 1. The fraction of sp³-hybridized carbons (Fsp3) is 0.333. The van der Waals surface area contributed by atoms with E-state index in [4.69, 9.17) is 9.84 Å². The van der Waals surface area contributed by atoms with Crippen LogP contribution >= 0.6 is 11.8 Å². The summed E-state index contributed by atoms with van der Waals surface area (Å²) in [5.41, 5.74) is 3.03. The lowest BCUT2D eigenvalue weighted by Gasteiger charge is -2.11. The minimum Gasteiger partial charge on any atom is -0.496 e. The number of hydrogen-bond acceptors (Lipinski definition) is 5. The summed E-state index contributed by atoms with van der Waals surface area (Å²) in [5, 5.41) is 9.83. The number of aromatic hydroxyl groups is 1. The molecule has 6 heteroatoms. The largest absolute Gasteiger partial charge is 0.496 e. The van der Waals surface area contributed by atoms with Crippen LogP contribution in [0.4, 0.5) is 0 Å². The number of aryl methyl sites for hydroxylation is 1. The molecular weight excluding hydrogens is 250 g/mol. The van der Waals surface area contributed by atoms with Gasteiger partial charge in [0.1, 0.15) is 5.75 Å². The van der Waals surface area contributed by atoms with Gasteiger partial charge in [-0.05, 0) is 13.8 Å². The molecule has 2 rings (SSSR count). The quantitative estimate of drug-likeness (QED) is 0.831. The Bertz CT molecular complexity index is 554. The van der Waals surface area contributed by atoms with Crippen LogP contribution < -0.4 is 4.74 Å². The topological polar surface area (TPSA) is 71.0 Å². The molecule has 0 bridgehead atoms. The first kappa shape index (κ1) is 12.8. The van der Waals surface area contributed by atoms with E-state index in [1.807, 2.05) is 13.8 Å². The fourth-order valence-corrected chi connectivity index (χ4v) is 2.59. The fourth-order valence-electron chi connectivity index (χ4n) is 1.72. The second kappa shape index (κ2) is 5.30. The number of H-pyrrole nitrogens is 1. The van der Waals surface area contributed by atoms with E-state index in [0.717, 1.165) is 22.6 Å². The van der Waals surface area contributed by atoms with E-state index < -0.39 is 0 Å². The number of pyridine rings is 1. The molecule has 5 nitrogen and oxygen atoms in total. The van der Waals surface area contributed by atoms with Crippen LogP contribution in [0, 0.1) is 13.8 Å². The average Bonchev–Trinajstić information content (AvgIpc) is 2.75. The van der Waals surface area contributed by atoms with Crippen molar-refractivity contribution in [1.29, 1.82) is 0 Å². The van der Waals surface area contributed by atoms with E-state index in [1.54, 1.807) is 13.3 Å². The zero-order chi connectivity index (χ0) is 13.1. The lowest BCUT2D eigenvalue weighted by atomic mass is 10.1. The maximum atomic E-state index is 9.16. The van der Waals surface area contributed by atoms with Gasteiger partial charge in [-0.2, -0.15) is 0 Å². The van der Waals surface area contributed by atoms with Crippen LogP contribution in [0.1, 0.15) is 16.8 Å². The predicted molar refractivity (Wildman–Crippen MR) is 70.1 cm³/mol. The number of imidazole rings is 1. The van der Waals surface area contributed by atoms with Crippen molar-refractivity contribution in [2.45, 2.75) is 24.8 Å². The summed E-state index contributed by atoms with van der Waals surface area (Å²) in [6.45, 7) is 3.97. The van der Waals surface area contributed by atoms with E-state index in [-0.39, 0.29) is 5.88 Å². The van der Waals surface area contributed by atoms with Crippen molar-refractivity contribution in [3.8, 4) is 11.6 Å². The van der Waals surface area contributed by atoms with Crippen molar-refractivity contribution in [3.63, 3.8) is 0 Å². The van der Waals surface area contributed by atoms with Gasteiger partial charge in [0.05, 0.1) is 19.0 Å². The van der Waals surface area contributed by atoms with Crippen molar-refractivity contribution in [1.82, 2.24) is 15.0 Å². The zero-order valence-corrected chi connectivity index (χ0v) is 11.3. The van der Waals surface area contributed by atoms with Crippen LogP contribution in [0.3, 0.4) is 0 Å². The van der Waals surface area contributed by atoms with Crippen LogP contribution in [-0.2, 0) is 5.75 Å². The highest BCUT2D eigenvalue weighted by Crippen LogP contribution is 2.28. The Morgan fingerprint density at radius 2 is 2.11 bits per heavy atom. The first-order valence-corrected chi connectivity index (χ1v) is 6.46. The van der Waals surface area contributed by atoms with Gasteiger partial charge in [0.2, 0.25) is 5.88 Å². The van der Waals surface area contributed by atoms with Crippen LogP contribution in [0.15, 0.2) is 17.6 Å². The van der Waals surface area contributed by atoms with Crippen molar-refractivity contribution in [3.05, 3.63) is 29.2 Å². The molecule has 0 spiro atoms. The number of methoxy groups -OCH3 is 1. The third-order valence-corrected chi connectivity index (χ3v) is 3.53. The van der Waals surface area contributed by atoms with Crippen molar-refractivity contribution >= 4 is 11.8 Å². The van der Waals surface area contributed by atoms with E-state index in [1.165, 1.54) is 18.0 Å². The highest BCUT2D eigenvalue weighted by molar-refractivity contribution is 7.98. The number of rotatable bonds is 4. The maximum Gasteiger partial charge on any atom is 0.209 e. The second-order valence-corrected chi connectivity index (χ2v) is 4.87. The number of hydrogen-bond donors (Lipinski definition) is 2. The highest BCUT2D eigenvalue weighted by atomic mass is 32.2. The minimum absolute atomic E-state index is 0.0728. The molecule has 0 saturated carbocycles. The molecule has 2 heterocycles. The molecule has 0 atom stereocenters. The SMILES string of the molecule is COc1c(C)cnc(CSc2ncc(O)[nH]2)c1C. The summed E-state index contributed by atoms with van der Waals surface area (Å²) in [6.07, 6.45) is 3.19. The summed E-state index contributed by atoms with van der Waals surface area (Å²) < 4.78 is 5.36. The Morgan fingerprint density at radius 3 is 2.72 bits per heavy atom. The maximum absolute atomic E-state index is 9.16. The third kappa shape index (κ3) is 2.59. The molecule has 96 valence electrons. The molecule has 0 saturated heterocycles. The normalized spacial score (nSPS) is 10.6. The highest BCUT2D eigenvalue weighted by Gasteiger charge is 2.10. The van der Waals surface area contributed by atoms with Crippen LogP contribution in [0.25, 0.3) is 0 Å². The zero-order valence-electron chi connectivity index (χ0n) is 10.5. The standard InChI is InChI=1S/C12H15N3O2S/c1-7-4-13-9(8(2)11(7)17-3)6-18-12-14-5-10(16)15-12/h4-5,16H,6H2,1-3H3,(H,14,15). The second-order valence-electron chi connectivity index (χ2n) is 3.91. The molecule has 0 aromatic carbocycles. The molecule has 0 aliphatic rings. The summed E-state index contributed by atoms with van der Waals surface area (Å²) >= 11 is 1.49. The molecule has 18 heavy (non-hydrogen) atoms. The Morgan fingerprint density at radius 1 is 1.33 bits per heavy atom. The molecule has 2 aromatic rings. The summed E-state index contributed by atoms with van der Waals surface area (Å²) in [5.74, 6) is 1.63. The number of aromatic nitrogens is 3. The number of nitrogens with one attached hydrogen (secondary N) is 1. The van der Waals surface area contributed by atoms with Gasteiger partial charge in [-0.3, -0.25) is 4.98 Å². The van der Waals surface area contributed by atoms with Gasteiger partial charge in [-0.1, -0.05) is 11.8 Å². The van der Waals surface area contributed by atoms with Crippen LogP contribution in [0.5, 0.6) is 11.6 Å². The lowest BCUT2D eigenvalue weighted by molar-refractivity contribution is 0.407. The van der Waals surface area contributed by atoms with Gasteiger partial charge >= 0.3 is 0 Å². The number of thioether (sulfide) groups is 1. The molecule has 0 aliphatic carbocycles. The Hall–Kier alpha value is -1.69. The first-order valence-electron chi connectivity index (χ1n) is 5.47. The Balaban J connectivity index is 2.14. The van der Waals surface area contributed by atoms with E-state index in [2.05, 4.69) is 15.0 Å². The first-order chi connectivity index (χ1) is 8.61. The van der Waals surface area contributed by atoms with Crippen molar-refractivity contribution in [2.24, 2.45) is 0 Å². The van der Waals surface area contributed by atoms with E-state index >= 15 is 0 Å². The van der Waals surface area contributed by atoms with Crippen LogP contribution in [-0.4, -0.2) is 27.2 Å².